The van der Waals surface area contributed by atoms with E-state index in [2.05, 4.69) is 43.0 Å². The van der Waals surface area contributed by atoms with Crippen LogP contribution in [-0.2, 0) is 18.4 Å². The second-order valence-corrected chi connectivity index (χ2v) is 11.4. The van der Waals surface area contributed by atoms with Gasteiger partial charge in [0.1, 0.15) is 21.7 Å². The molecule has 1 atom stereocenters. The number of halogens is 3. The summed E-state index contributed by atoms with van der Waals surface area (Å²) in [5, 5.41) is 9.38. The van der Waals surface area contributed by atoms with E-state index < -0.39 is 18.0 Å². The largest absolute Gasteiger partial charge is 0.395 e. The molecule has 2 fully saturated rings. The molecule has 0 saturated carbocycles. The number of nitrogens with zero attached hydrogens (tertiary/aromatic N) is 6. The van der Waals surface area contributed by atoms with Gasteiger partial charge in [-0.15, -0.1) is 0 Å². The Morgan fingerprint density at radius 3 is 2.54 bits per heavy atom. The van der Waals surface area contributed by atoms with Crippen molar-refractivity contribution < 1.29 is 13.2 Å². The van der Waals surface area contributed by atoms with Crippen LogP contribution >= 0.6 is 11.3 Å². The molecule has 35 heavy (non-hydrogen) atoms. The maximum atomic E-state index is 12.9. The van der Waals surface area contributed by atoms with Gasteiger partial charge < -0.3 is 4.90 Å². The average Bonchev–Trinajstić information content (AvgIpc) is 3.51. The molecule has 2 aromatic heterocycles. The molecule has 4 heterocycles. The molecular formula is C25H27F3N6S. The van der Waals surface area contributed by atoms with Crippen molar-refractivity contribution in [3.8, 4) is 6.07 Å². The lowest BCUT2D eigenvalue weighted by Crippen LogP contribution is -2.31. The Bertz CT molecular complexity index is 1260. The number of fused-ring (bicyclic) bond motifs is 1. The Kier molecular flexibility index (Phi) is 5.96. The van der Waals surface area contributed by atoms with Gasteiger partial charge in [0.05, 0.1) is 17.9 Å². The number of rotatable bonds is 5. The number of hydrogen-bond donors (Lipinski definition) is 0. The molecule has 2 saturated heterocycles. The number of aromatic nitrogens is 3. The van der Waals surface area contributed by atoms with Gasteiger partial charge in [0.25, 0.3) is 0 Å². The van der Waals surface area contributed by atoms with Crippen LogP contribution in [0.5, 0.6) is 0 Å². The van der Waals surface area contributed by atoms with Gasteiger partial charge >= 0.3 is 6.18 Å². The molecule has 0 amide bonds. The highest BCUT2D eigenvalue weighted by molar-refractivity contribution is 7.18. The minimum Gasteiger partial charge on any atom is -0.354 e. The van der Waals surface area contributed by atoms with Crippen LogP contribution in [0.15, 0.2) is 30.6 Å². The second-order valence-electron chi connectivity index (χ2n) is 10.3. The van der Waals surface area contributed by atoms with Gasteiger partial charge in [0, 0.05) is 31.6 Å². The van der Waals surface area contributed by atoms with Crippen molar-refractivity contribution >= 4 is 27.5 Å². The molecule has 6 nitrogen and oxygen atoms in total. The third-order valence-electron chi connectivity index (χ3n) is 7.19. The van der Waals surface area contributed by atoms with Gasteiger partial charge in [-0.3, -0.25) is 4.90 Å². The Morgan fingerprint density at radius 1 is 1.09 bits per heavy atom. The summed E-state index contributed by atoms with van der Waals surface area (Å²) in [6, 6.07) is 10.7. The van der Waals surface area contributed by atoms with E-state index in [0.717, 1.165) is 62.5 Å². The van der Waals surface area contributed by atoms with Crippen molar-refractivity contribution in [2.75, 3.05) is 31.1 Å². The van der Waals surface area contributed by atoms with Crippen LogP contribution in [0.1, 0.15) is 42.8 Å². The molecule has 0 N–H and O–H groups in total. The summed E-state index contributed by atoms with van der Waals surface area (Å²) in [7, 11) is 0. The fraction of sp³-hybridized carbons (Fsp3) is 0.520. The Morgan fingerprint density at radius 2 is 1.83 bits per heavy atom. The molecule has 3 aromatic rings. The number of nitriles is 1. The lowest BCUT2D eigenvalue weighted by Gasteiger charge is -2.25. The van der Waals surface area contributed by atoms with Gasteiger partial charge in [-0.25, -0.2) is 15.0 Å². The van der Waals surface area contributed by atoms with Gasteiger partial charge in [-0.05, 0) is 44.4 Å². The molecule has 184 valence electrons. The van der Waals surface area contributed by atoms with Crippen molar-refractivity contribution in [1.82, 2.24) is 19.9 Å². The summed E-state index contributed by atoms with van der Waals surface area (Å²) in [5.41, 5.74) is 2.37. The molecule has 2 aliphatic rings. The zero-order valence-corrected chi connectivity index (χ0v) is 20.6. The zero-order chi connectivity index (χ0) is 24.8. The first kappa shape index (κ1) is 23.9. The highest BCUT2D eigenvalue weighted by atomic mass is 32.1. The van der Waals surface area contributed by atoms with Crippen molar-refractivity contribution in [1.29, 1.82) is 5.26 Å². The van der Waals surface area contributed by atoms with E-state index in [1.54, 1.807) is 0 Å². The van der Waals surface area contributed by atoms with Crippen LogP contribution < -0.4 is 4.90 Å². The number of anilines is 1. The smallest absolute Gasteiger partial charge is 0.354 e. The quantitative estimate of drug-likeness (QED) is 0.486. The first-order valence-corrected chi connectivity index (χ1v) is 12.5. The maximum absolute atomic E-state index is 12.9. The molecular weight excluding hydrogens is 473 g/mol. The highest BCUT2D eigenvalue weighted by Gasteiger charge is 2.44. The van der Waals surface area contributed by atoms with Crippen molar-refractivity contribution in [2.24, 2.45) is 5.41 Å². The first-order valence-electron chi connectivity index (χ1n) is 11.7. The molecule has 5 rings (SSSR count). The number of hydrogen-bond acceptors (Lipinski definition) is 7. The number of alkyl halides is 3. The highest BCUT2D eigenvalue weighted by Crippen LogP contribution is 2.42. The van der Waals surface area contributed by atoms with Crippen LogP contribution in [0.4, 0.5) is 19.0 Å². The molecule has 0 aliphatic carbocycles. The minimum atomic E-state index is -4.29. The van der Waals surface area contributed by atoms with Crippen LogP contribution in [-0.4, -0.2) is 52.2 Å². The molecule has 1 aromatic carbocycles. The van der Waals surface area contributed by atoms with Crippen LogP contribution in [0.2, 0.25) is 0 Å². The van der Waals surface area contributed by atoms with Crippen molar-refractivity contribution in [3.63, 3.8) is 0 Å². The molecule has 10 heteroatoms. The summed E-state index contributed by atoms with van der Waals surface area (Å²) in [4.78, 5) is 18.0. The van der Waals surface area contributed by atoms with E-state index in [-0.39, 0.29) is 10.4 Å². The van der Waals surface area contributed by atoms with Gasteiger partial charge in [0.2, 0.25) is 0 Å². The molecule has 2 aliphatic heterocycles. The maximum Gasteiger partial charge on any atom is 0.395 e. The molecule has 0 bridgehead atoms. The van der Waals surface area contributed by atoms with E-state index in [9.17, 15) is 18.4 Å². The summed E-state index contributed by atoms with van der Waals surface area (Å²) in [6.07, 6.45) is -1.81. The molecule has 1 unspecified atom stereocenters. The fourth-order valence-corrected chi connectivity index (χ4v) is 6.15. The van der Waals surface area contributed by atoms with Crippen LogP contribution in [0.25, 0.3) is 10.3 Å². The summed E-state index contributed by atoms with van der Waals surface area (Å²) < 4.78 is 38.6. The Balaban J connectivity index is 1.26. The summed E-state index contributed by atoms with van der Waals surface area (Å²) in [5.74, 6) is 0.644. The van der Waals surface area contributed by atoms with E-state index in [4.69, 9.17) is 0 Å². The minimum absolute atomic E-state index is 0.0272. The lowest BCUT2D eigenvalue weighted by atomic mass is 9.86. The first-order chi connectivity index (χ1) is 16.6. The SMILES string of the molecule is CC(C)(C#N)c1ccc(CN2CCC3(CCN(c4ncnc5sc(CC(F)(F)F)nc45)C3)C2)cc1. The Hall–Kier alpha value is -2.77. The van der Waals surface area contributed by atoms with Crippen LogP contribution in [0.3, 0.4) is 0 Å². The summed E-state index contributed by atoms with van der Waals surface area (Å²) in [6.45, 7) is 8.31. The monoisotopic (exact) mass is 500 g/mol. The third kappa shape index (κ3) is 4.98. The average molecular weight is 501 g/mol. The topological polar surface area (TPSA) is 68.9 Å². The predicted octanol–water partition coefficient (Wildman–Crippen LogP) is 5.09. The normalized spacial score (nSPS) is 21.3. The van der Waals surface area contributed by atoms with Crippen molar-refractivity contribution in [3.05, 3.63) is 46.7 Å². The van der Waals surface area contributed by atoms with Gasteiger partial charge in [-0.1, -0.05) is 35.6 Å². The summed E-state index contributed by atoms with van der Waals surface area (Å²) >= 11 is 0.991. The fourth-order valence-electron chi connectivity index (χ4n) is 5.23. The molecule has 1 spiro atoms. The number of likely N-dealkylation sites (tertiary alicyclic amines) is 1. The second kappa shape index (κ2) is 8.71. The van der Waals surface area contributed by atoms with Crippen LogP contribution in [0, 0.1) is 16.7 Å². The lowest BCUT2D eigenvalue weighted by molar-refractivity contribution is -0.127. The van der Waals surface area contributed by atoms with E-state index in [1.807, 2.05) is 26.0 Å². The van der Waals surface area contributed by atoms with Gasteiger partial charge in [0.15, 0.2) is 5.82 Å². The van der Waals surface area contributed by atoms with Crippen molar-refractivity contribution in [2.45, 2.75) is 51.2 Å². The van der Waals surface area contributed by atoms with Gasteiger partial charge in [-0.2, -0.15) is 18.4 Å². The zero-order valence-electron chi connectivity index (χ0n) is 19.8. The van der Waals surface area contributed by atoms with E-state index in [1.165, 1.54) is 11.9 Å². The third-order valence-corrected chi connectivity index (χ3v) is 8.15. The predicted molar refractivity (Wildman–Crippen MR) is 129 cm³/mol. The number of benzene rings is 1. The standard InChI is InChI=1S/C25H27F3N6S/c1-23(2,13-29)18-5-3-17(4-6-18)12-33-9-7-24(14-33)8-10-34(15-24)21-20-22(31-16-30-21)35-19(32-20)11-25(26,27)28/h3-6,16H,7-12,14-15H2,1-2H3. The number of thiazole rings is 1. The van der Waals surface area contributed by atoms with E-state index >= 15 is 0 Å². The van der Waals surface area contributed by atoms with E-state index in [0.29, 0.717) is 16.2 Å². The Labute approximate surface area is 206 Å². The molecule has 0 radical (unpaired) electrons.